The Morgan fingerprint density at radius 3 is 2.42 bits per heavy atom. The van der Waals surface area contributed by atoms with Crippen LogP contribution in [0.25, 0.3) is 0 Å². The lowest BCUT2D eigenvalue weighted by molar-refractivity contribution is -0.141. The second-order valence-electron chi connectivity index (χ2n) is 7.32. The van der Waals surface area contributed by atoms with E-state index in [0.29, 0.717) is 35.2 Å². The van der Waals surface area contributed by atoms with E-state index in [1.54, 1.807) is 17.0 Å². The van der Waals surface area contributed by atoms with Crippen molar-refractivity contribution in [2.45, 2.75) is 32.4 Å². The van der Waals surface area contributed by atoms with Gasteiger partial charge in [0.1, 0.15) is 0 Å². The van der Waals surface area contributed by atoms with Gasteiger partial charge in [0.05, 0.1) is 38.9 Å². The smallest absolute Gasteiger partial charge is 0.303 e. The minimum absolute atomic E-state index is 0.0424. The number of halogens is 2. The Labute approximate surface area is 195 Å². The molecule has 3 rings (SSSR count). The Balaban J connectivity index is 1.60. The molecule has 0 bridgehead atoms. The molecule has 1 aliphatic heterocycles. The molecule has 33 heavy (non-hydrogen) atoms. The van der Waals surface area contributed by atoms with E-state index < -0.39 is 11.8 Å². The SMILES string of the molecule is COc1cccc(F)c1OCCCOc1c(OC)cc2c(c1Cl)CN(C(=O)CCC(=O)O)C2. The molecule has 0 saturated carbocycles. The van der Waals surface area contributed by atoms with Crippen molar-refractivity contribution in [3.8, 4) is 23.0 Å². The van der Waals surface area contributed by atoms with E-state index in [0.717, 1.165) is 11.1 Å². The van der Waals surface area contributed by atoms with Crippen molar-refractivity contribution >= 4 is 23.5 Å². The van der Waals surface area contributed by atoms with E-state index >= 15 is 0 Å². The van der Waals surface area contributed by atoms with Gasteiger partial charge in [-0.3, -0.25) is 9.59 Å². The van der Waals surface area contributed by atoms with Gasteiger partial charge in [-0.05, 0) is 29.3 Å². The Hall–Kier alpha value is -3.20. The number of carboxylic acid groups (broad SMARTS) is 1. The molecule has 178 valence electrons. The highest BCUT2D eigenvalue weighted by Gasteiger charge is 2.29. The number of aliphatic carboxylic acids is 1. The zero-order valence-corrected chi connectivity index (χ0v) is 19.1. The molecule has 1 N–H and O–H groups in total. The van der Waals surface area contributed by atoms with E-state index in [-0.39, 0.29) is 44.3 Å². The number of hydrogen-bond donors (Lipinski definition) is 1. The molecule has 10 heteroatoms. The largest absolute Gasteiger partial charge is 0.493 e. The van der Waals surface area contributed by atoms with Gasteiger partial charge in [-0.2, -0.15) is 0 Å². The third-order valence-electron chi connectivity index (χ3n) is 5.15. The van der Waals surface area contributed by atoms with Crippen LogP contribution in [0.2, 0.25) is 5.02 Å². The number of carboxylic acids is 1. The Kier molecular flexibility index (Phi) is 8.21. The van der Waals surface area contributed by atoms with E-state index in [2.05, 4.69) is 0 Å². The number of hydrogen-bond acceptors (Lipinski definition) is 6. The molecule has 0 saturated heterocycles. The number of para-hydroxylation sites is 1. The molecule has 0 spiro atoms. The Morgan fingerprint density at radius 2 is 1.76 bits per heavy atom. The molecule has 0 aliphatic carbocycles. The minimum atomic E-state index is -1.02. The monoisotopic (exact) mass is 481 g/mol. The quantitative estimate of drug-likeness (QED) is 0.484. The van der Waals surface area contributed by atoms with Crippen molar-refractivity contribution < 1.29 is 38.0 Å². The molecule has 0 fully saturated rings. The zero-order chi connectivity index (χ0) is 24.0. The van der Waals surface area contributed by atoms with Crippen LogP contribution in [0.5, 0.6) is 23.0 Å². The molecule has 1 aliphatic rings. The standard InChI is InChI=1S/C23H25ClFNO7/c1-30-17-6-3-5-16(25)22(17)32-9-4-10-33-23-18(31-2)11-14-12-26(13-15(14)21(23)24)19(27)7-8-20(28)29/h3,5-6,11H,4,7-10,12-13H2,1-2H3,(H,28,29). The van der Waals surface area contributed by atoms with Crippen LogP contribution in [0.3, 0.4) is 0 Å². The van der Waals surface area contributed by atoms with Gasteiger partial charge in [0.15, 0.2) is 28.8 Å². The van der Waals surface area contributed by atoms with E-state index in [4.69, 9.17) is 35.7 Å². The molecule has 0 radical (unpaired) electrons. The average Bonchev–Trinajstić information content (AvgIpc) is 3.23. The highest BCUT2D eigenvalue weighted by atomic mass is 35.5. The minimum Gasteiger partial charge on any atom is -0.493 e. The van der Waals surface area contributed by atoms with Gasteiger partial charge < -0.3 is 29.0 Å². The number of amides is 1. The summed E-state index contributed by atoms with van der Waals surface area (Å²) in [5, 5.41) is 9.14. The number of nitrogens with zero attached hydrogens (tertiary/aromatic N) is 1. The topological polar surface area (TPSA) is 94.5 Å². The molecule has 1 heterocycles. The van der Waals surface area contributed by atoms with Crippen LogP contribution in [0, 0.1) is 5.82 Å². The zero-order valence-electron chi connectivity index (χ0n) is 18.4. The van der Waals surface area contributed by atoms with Crippen LogP contribution < -0.4 is 18.9 Å². The lowest BCUT2D eigenvalue weighted by Crippen LogP contribution is -2.25. The molecule has 2 aromatic carbocycles. The molecule has 0 aromatic heterocycles. The van der Waals surface area contributed by atoms with Crippen molar-refractivity contribution in [3.05, 3.63) is 46.2 Å². The first-order valence-electron chi connectivity index (χ1n) is 10.3. The maximum atomic E-state index is 13.9. The lowest BCUT2D eigenvalue weighted by atomic mass is 10.1. The predicted molar refractivity (Wildman–Crippen MR) is 118 cm³/mol. The van der Waals surface area contributed by atoms with Crippen molar-refractivity contribution in [2.75, 3.05) is 27.4 Å². The lowest BCUT2D eigenvalue weighted by Gasteiger charge is -2.16. The van der Waals surface area contributed by atoms with Crippen molar-refractivity contribution in [1.82, 2.24) is 4.90 Å². The van der Waals surface area contributed by atoms with Gasteiger partial charge in [-0.25, -0.2) is 4.39 Å². The first kappa shape index (κ1) is 24.4. The van der Waals surface area contributed by atoms with Gasteiger partial charge in [0.25, 0.3) is 0 Å². The molecule has 0 unspecified atom stereocenters. The van der Waals surface area contributed by atoms with Gasteiger partial charge in [-0.1, -0.05) is 17.7 Å². The van der Waals surface area contributed by atoms with Crippen LogP contribution in [0.1, 0.15) is 30.4 Å². The number of fused-ring (bicyclic) bond motifs is 1. The number of carbonyl (C=O) groups excluding carboxylic acids is 1. The molecular weight excluding hydrogens is 457 g/mol. The fourth-order valence-corrected chi connectivity index (χ4v) is 3.82. The molecule has 1 amide bonds. The van der Waals surface area contributed by atoms with Crippen LogP contribution in [-0.2, 0) is 22.7 Å². The van der Waals surface area contributed by atoms with Crippen LogP contribution in [0.4, 0.5) is 4.39 Å². The second kappa shape index (κ2) is 11.1. The normalized spacial score (nSPS) is 12.3. The molecular formula is C23H25ClFNO7. The number of rotatable bonds is 11. The van der Waals surface area contributed by atoms with E-state index in [9.17, 15) is 14.0 Å². The summed E-state index contributed by atoms with van der Waals surface area (Å²) < 4.78 is 35.8. The summed E-state index contributed by atoms with van der Waals surface area (Å²) in [6.45, 7) is 1.01. The number of benzene rings is 2. The van der Waals surface area contributed by atoms with Crippen molar-refractivity contribution in [3.63, 3.8) is 0 Å². The highest BCUT2D eigenvalue weighted by molar-refractivity contribution is 6.33. The average molecular weight is 482 g/mol. The van der Waals surface area contributed by atoms with Crippen molar-refractivity contribution in [2.24, 2.45) is 0 Å². The fourth-order valence-electron chi connectivity index (χ4n) is 3.49. The summed E-state index contributed by atoms with van der Waals surface area (Å²) in [6.07, 6.45) is 0.139. The number of carbonyl (C=O) groups is 2. The van der Waals surface area contributed by atoms with Crippen molar-refractivity contribution in [1.29, 1.82) is 0 Å². The van der Waals surface area contributed by atoms with Crippen LogP contribution >= 0.6 is 11.6 Å². The van der Waals surface area contributed by atoms with Gasteiger partial charge >= 0.3 is 5.97 Å². The first-order chi connectivity index (χ1) is 15.8. The van der Waals surface area contributed by atoms with Gasteiger partial charge in [-0.15, -0.1) is 0 Å². The van der Waals surface area contributed by atoms with E-state index in [1.807, 2.05) is 0 Å². The third kappa shape index (κ3) is 5.78. The maximum Gasteiger partial charge on any atom is 0.303 e. The first-order valence-corrected chi connectivity index (χ1v) is 10.7. The summed E-state index contributed by atoms with van der Waals surface area (Å²) >= 11 is 6.57. The molecule has 0 atom stereocenters. The van der Waals surface area contributed by atoms with Crippen LogP contribution in [-0.4, -0.2) is 49.3 Å². The van der Waals surface area contributed by atoms with Gasteiger partial charge in [0.2, 0.25) is 5.91 Å². The molecule has 8 nitrogen and oxygen atoms in total. The summed E-state index contributed by atoms with van der Waals surface area (Å²) in [5.74, 6) is -0.667. The summed E-state index contributed by atoms with van der Waals surface area (Å²) in [7, 11) is 2.93. The Bertz CT molecular complexity index is 1030. The fraction of sp³-hybridized carbons (Fsp3) is 0.391. The van der Waals surface area contributed by atoms with Crippen LogP contribution in [0.15, 0.2) is 24.3 Å². The molecule has 2 aromatic rings. The van der Waals surface area contributed by atoms with E-state index in [1.165, 1.54) is 26.4 Å². The summed E-state index contributed by atoms with van der Waals surface area (Å²) in [5.41, 5.74) is 1.56. The second-order valence-corrected chi connectivity index (χ2v) is 7.70. The summed E-state index contributed by atoms with van der Waals surface area (Å²) in [4.78, 5) is 24.6. The highest BCUT2D eigenvalue weighted by Crippen LogP contribution is 2.43. The third-order valence-corrected chi connectivity index (χ3v) is 5.55. The maximum absolute atomic E-state index is 13.9. The number of ether oxygens (including phenoxy) is 4. The number of methoxy groups -OCH3 is 2. The summed E-state index contributed by atoms with van der Waals surface area (Å²) in [6, 6.07) is 6.20. The predicted octanol–water partition coefficient (Wildman–Crippen LogP) is 4.05. The van der Waals surface area contributed by atoms with Gasteiger partial charge in [0, 0.05) is 25.9 Å². The Morgan fingerprint density at radius 1 is 1.06 bits per heavy atom.